The van der Waals surface area contributed by atoms with Crippen LogP contribution in [0.4, 0.5) is 0 Å². The first-order valence-electron chi connectivity index (χ1n) is 8.11. The Morgan fingerprint density at radius 2 is 1.33 bits per heavy atom. The molecule has 0 rings (SSSR count). The molecule has 0 aromatic carbocycles. The van der Waals surface area contributed by atoms with E-state index in [9.17, 15) is 0 Å². The first kappa shape index (κ1) is 17.7. The lowest BCUT2D eigenvalue weighted by Gasteiger charge is -2.04. The molecule has 0 spiro atoms. The van der Waals surface area contributed by atoms with Gasteiger partial charge in [0.2, 0.25) is 0 Å². The Hall–Kier alpha value is -0.300. The van der Waals surface area contributed by atoms with E-state index in [0.717, 1.165) is 0 Å². The minimum atomic E-state index is 1.21. The van der Waals surface area contributed by atoms with E-state index in [4.69, 9.17) is 0 Å². The summed E-state index contributed by atoms with van der Waals surface area (Å²) in [6.07, 6.45) is 16.1. The molecule has 0 aliphatic heterocycles. The van der Waals surface area contributed by atoms with Gasteiger partial charge in [0.25, 0.3) is 0 Å². The van der Waals surface area contributed by atoms with E-state index in [0.29, 0.717) is 0 Å². The van der Waals surface area contributed by atoms with Crippen molar-refractivity contribution in [3.63, 3.8) is 0 Å². The monoisotopic (exact) mass is 253 g/mol. The van der Waals surface area contributed by atoms with Crippen LogP contribution in [0, 0.1) is 0 Å². The summed E-state index contributed by atoms with van der Waals surface area (Å²) in [6, 6.07) is 0. The van der Waals surface area contributed by atoms with Crippen LogP contribution in [-0.4, -0.2) is 13.1 Å². The number of hydrogen-bond donors (Lipinski definition) is 1. The average molecular weight is 253 g/mol. The summed E-state index contributed by atoms with van der Waals surface area (Å²) in [5.41, 5.74) is 1.46. The molecule has 0 radical (unpaired) electrons. The van der Waals surface area contributed by atoms with Gasteiger partial charge < -0.3 is 5.32 Å². The Labute approximate surface area is 115 Å². The lowest BCUT2D eigenvalue weighted by molar-refractivity contribution is 0.552. The van der Waals surface area contributed by atoms with Gasteiger partial charge in [-0.25, -0.2) is 0 Å². The van der Waals surface area contributed by atoms with E-state index >= 15 is 0 Å². The number of nitrogens with one attached hydrogen (secondary N) is 1. The number of hydrogen-bond acceptors (Lipinski definition) is 1. The summed E-state index contributed by atoms with van der Waals surface area (Å²) in [6.45, 7) is 9.06. The highest BCUT2D eigenvalue weighted by molar-refractivity contribution is 4.92. The predicted octanol–water partition coefficient (Wildman–Crippen LogP) is 5.46. The molecule has 18 heavy (non-hydrogen) atoms. The van der Waals surface area contributed by atoms with Crippen molar-refractivity contribution < 1.29 is 0 Å². The molecule has 0 atom stereocenters. The topological polar surface area (TPSA) is 12.0 Å². The van der Waals surface area contributed by atoms with Gasteiger partial charge >= 0.3 is 0 Å². The van der Waals surface area contributed by atoms with Crippen LogP contribution in [0.3, 0.4) is 0 Å². The number of allylic oxidation sites excluding steroid dienone is 2. The first-order valence-corrected chi connectivity index (χ1v) is 8.11. The van der Waals surface area contributed by atoms with Gasteiger partial charge in [-0.05, 0) is 52.6 Å². The molecule has 0 saturated carbocycles. The van der Waals surface area contributed by atoms with Gasteiger partial charge in [0.15, 0.2) is 0 Å². The summed E-state index contributed by atoms with van der Waals surface area (Å²) in [5.74, 6) is 0. The van der Waals surface area contributed by atoms with Gasteiger partial charge in [0.1, 0.15) is 0 Å². The lowest BCUT2D eigenvalue weighted by Crippen LogP contribution is -2.16. The fourth-order valence-corrected chi connectivity index (χ4v) is 2.10. The highest BCUT2D eigenvalue weighted by Gasteiger charge is 1.92. The van der Waals surface area contributed by atoms with E-state index < -0.39 is 0 Å². The number of rotatable bonds is 13. The van der Waals surface area contributed by atoms with Gasteiger partial charge in [-0.15, -0.1) is 0 Å². The number of unbranched alkanes of at least 4 members (excludes halogenated alkanes) is 8. The van der Waals surface area contributed by atoms with Crippen LogP contribution in [0.2, 0.25) is 0 Å². The molecule has 0 fully saturated rings. The van der Waals surface area contributed by atoms with Crippen molar-refractivity contribution in [3.8, 4) is 0 Å². The van der Waals surface area contributed by atoms with Crippen molar-refractivity contribution in [2.45, 2.75) is 85.0 Å². The van der Waals surface area contributed by atoms with Crippen LogP contribution in [0.1, 0.15) is 85.0 Å². The fraction of sp³-hybridized carbons (Fsp3) is 0.882. The zero-order chi connectivity index (χ0) is 13.5. The molecule has 108 valence electrons. The molecule has 0 heterocycles. The minimum absolute atomic E-state index is 1.21. The third kappa shape index (κ3) is 15.7. The van der Waals surface area contributed by atoms with Crippen molar-refractivity contribution in [1.82, 2.24) is 5.32 Å². The second-order valence-corrected chi connectivity index (χ2v) is 5.65. The Balaban J connectivity index is 2.97. The van der Waals surface area contributed by atoms with Crippen LogP contribution < -0.4 is 5.32 Å². The van der Waals surface area contributed by atoms with Crippen molar-refractivity contribution in [1.29, 1.82) is 0 Å². The smallest absolute Gasteiger partial charge is 0.00489 e. The summed E-state index contributed by atoms with van der Waals surface area (Å²) < 4.78 is 0. The van der Waals surface area contributed by atoms with Crippen molar-refractivity contribution in [2.75, 3.05) is 13.1 Å². The second kappa shape index (κ2) is 14.8. The summed E-state index contributed by atoms with van der Waals surface area (Å²) in [5, 5.41) is 3.51. The molecular formula is C17H35N. The quantitative estimate of drug-likeness (QED) is 0.339. The van der Waals surface area contributed by atoms with E-state index in [2.05, 4.69) is 32.2 Å². The zero-order valence-corrected chi connectivity index (χ0v) is 13.1. The molecule has 0 bridgehead atoms. The molecule has 1 N–H and O–H groups in total. The van der Waals surface area contributed by atoms with E-state index in [-0.39, 0.29) is 0 Å². The Bertz CT molecular complexity index is 180. The average Bonchev–Trinajstić information content (AvgIpc) is 2.34. The molecule has 0 amide bonds. The minimum Gasteiger partial charge on any atom is -0.317 e. The molecule has 0 aliphatic carbocycles. The SMILES string of the molecule is CCCCNCCCCCCCCCC=C(C)C. The van der Waals surface area contributed by atoms with Crippen LogP contribution in [-0.2, 0) is 0 Å². The van der Waals surface area contributed by atoms with E-state index in [1.54, 1.807) is 0 Å². The molecule has 0 aromatic rings. The lowest BCUT2D eigenvalue weighted by atomic mass is 10.1. The Kier molecular flexibility index (Phi) is 14.5. The van der Waals surface area contributed by atoms with Crippen LogP contribution in [0.25, 0.3) is 0 Å². The highest BCUT2D eigenvalue weighted by atomic mass is 14.8. The van der Waals surface area contributed by atoms with Gasteiger partial charge in [0.05, 0.1) is 0 Å². The van der Waals surface area contributed by atoms with Crippen molar-refractivity contribution in [3.05, 3.63) is 11.6 Å². The standard InChI is InChI=1S/C17H35N/c1-4-5-15-18-16-13-11-9-7-6-8-10-12-14-17(2)3/h14,18H,4-13,15-16H2,1-3H3. The third-order valence-electron chi connectivity index (χ3n) is 3.32. The second-order valence-electron chi connectivity index (χ2n) is 5.65. The maximum absolute atomic E-state index is 3.51. The normalized spacial score (nSPS) is 10.6. The van der Waals surface area contributed by atoms with Crippen molar-refractivity contribution in [2.24, 2.45) is 0 Å². The maximum Gasteiger partial charge on any atom is -0.00489 e. The molecule has 0 aliphatic rings. The third-order valence-corrected chi connectivity index (χ3v) is 3.32. The van der Waals surface area contributed by atoms with E-state index in [1.165, 1.54) is 82.9 Å². The zero-order valence-electron chi connectivity index (χ0n) is 13.1. The van der Waals surface area contributed by atoms with E-state index in [1.807, 2.05) is 0 Å². The molecule has 1 nitrogen and oxygen atoms in total. The van der Waals surface area contributed by atoms with Crippen LogP contribution in [0.5, 0.6) is 0 Å². The Morgan fingerprint density at radius 1 is 0.778 bits per heavy atom. The fourth-order valence-electron chi connectivity index (χ4n) is 2.10. The largest absolute Gasteiger partial charge is 0.317 e. The van der Waals surface area contributed by atoms with Gasteiger partial charge in [-0.1, -0.05) is 57.1 Å². The summed E-state index contributed by atoms with van der Waals surface area (Å²) >= 11 is 0. The molecule has 0 saturated heterocycles. The van der Waals surface area contributed by atoms with Gasteiger partial charge in [-0.3, -0.25) is 0 Å². The summed E-state index contributed by atoms with van der Waals surface area (Å²) in [7, 11) is 0. The maximum atomic E-state index is 3.51. The van der Waals surface area contributed by atoms with Gasteiger partial charge in [-0.2, -0.15) is 0 Å². The highest BCUT2D eigenvalue weighted by Crippen LogP contribution is 2.09. The Morgan fingerprint density at radius 3 is 1.94 bits per heavy atom. The predicted molar refractivity (Wildman–Crippen MR) is 84.1 cm³/mol. The van der Waals surface area contributed by atoms with Crippen LogP contribution in [0.15, 0.2) is 11.6 Å². The van der Waals surface area contributed by atoms with Gasteiger partial charge in [0, 0.05) is 0 Å². The molecule has 1 heteroatoms. The van der Waals surface area contributed by atoms with Crippen LogP contribution >= 0.6 is 0 Å². The van der Waals surface area contributed by atoms with Crippen molar-refractivity contribution >= 4 is 0 Å². The summed E-state index contributed by atoms with van der Waals surface area (Å²) in [4.78, 5) is 0. The molecular weight excluding hydrogens is 218 g/mol. The first-order chi connectivity index (χ1) is 8.77. The molecule has 0 aromatic heterocycles. The molecule has 0 unspecified atom stereocenters.